The van der Waals surface area contributed by atoms with Crippen molar-refractivity contribution in [1.82, 2.24) is 10.7 Å². The van der Waals surface area contributed by atoms with Crippen molar-refractivity contribution in [2.45, 2.75) is 26.5 Å². The molecule has 0 heterocycles. The van der Waals surface area contributed by atoms with Crippen molar-refractivity contribution in [3.05, 3.63) is 97.9 Å². The predicted molar refractivity (Wildman–Crippen MR) is 143 cm³/mol. The summed E-state index contributed by atoms with van der Waals surface area (Å²) in [5.74, 6) is -0.253. The fourth-order valence-electron chi connectivity index (χ4n) is 3.06. The molecule has 1 atom stereocenters. The van der Waals surface area contributed by atoms with E-state index in [0.717, 1.165) is 15.6 Å². The fourth-order valence-corrected chi connectivity index (χ4v) is 3.82. The highest BCUT2D eigenvalue weighted by Gasteiger charge is 2.24. The number of amides is 2. The Morgan fingerprint density at radius 1 is 1.00 bits per heavy atom. The third-order valence-electron chi connectivity index (χ3n) is 4.99. The molecule has 0 bridgehead atoms. The van der Waals surface area contributed by atoms with E-state index in [1.54, 1.807) is 24.3 Å². The van der Waals surface area contributed by atoms with Crippen molar-refractivity contribution >= 4 is 57.2 Å². The zero-order chi connectivity index (χ0) is 25.4. The minimum absolute atomic E-state index is 0.146. The summed E-state index contributed by atoms with van der Waals surface area (Å²) in [7, 11) is 0. The Labute approximate surface area is 222 Å². The van der Waals surface area contributed by atoms with E-state index in [1.165, 1.54) is 6.21 Å². The number of ether oxygens (including phenoxy) is 1. The van der Waals surface area contributed by atoms with Gasteiger partial charge in [-0.25, -0.2) is 5.43 Å². The molecule has 0 saturated heterocycles. The van der Waals surface area contributed by atoms with E-state index < -0.39 is 11.9 Å². The Kier molecular flexibility index (Phi) is 9.72. The van der Waals surface area contributed by atoms with Crippen LogP contribution in [0.1, 0.15) is 35.3 Å². The summed E-state index contributed by atoms with van der Waals surface area (Å²) in [6.07, 6.45) is 1.52. The maximum absolute atomic E-state index is 12.7. The Hall–Kier alpha value is -2.87. The van der Waals surface area contributed by atoms with Crippen molar-refractivity contribution in [2.75, 3.05) is 0 Å². The van der Waals surface area contributed by atoms with Crippen LogP contribution in [0.4, 0.5) is 0 Å². The first-order valence-corrected chi connectivity index (χ1v) is 12.3. The standard InChI is InChI=1S/C26H24BrCl2N3O3/c1-16(2)24(31-25(33)19-6-10-21(29)11-7-19)26(34)32-30-14-18-5-12-23(22(27)13-18)35-15-17-3-8-20(28)9-4-17/h3-14,16,24H,15H2,1-2H3,(H,31,33)(H,32,34). The Balaban J connectivity index is 1.56. The van der Waals surface area contributed by atoms with Gasteiger partial charge >= 0.3 is 0 Å². The summed E-state index contributed by atoms with van der Waals surface area (Å²) in [6.45, 7) is 4.09. The molecule has 0 aliphatic heterocycles. The van der Waals surface area contributed by atoms with Gasteiger partial charge in [-0.3, -0.25) is 9.59 Å². The van der Waals surface area contributed by atoms with Gasteiger partial charge in [-0.15, -0.1) is 0 Å². The van der Waals surface area contributed by atoms with E-state index in [1.807, 2.05) is 56.3 Å². The van der Waals surface area contributed by atoms with Crippen LogP contribution in [0.3, 0.4) is 0 Å². The van der Waals surface area contributed by atoms with Gasteiger partial charge in [-0.1, -0.05) is 49.2 Å². The number of hydrogen-bond donors (Lipinski definition) is 2. The van der Waals surface area contributed by atoms with Gasteiger partial charge in [0.25, 0.3) is 11.8 Å². The zero-order valence-corrected chi connectivity index (χ0v) is 22.2. The molecule has 0 aromatic heterocycles. The largest absolute Gasteiger partial charge is 0.488 e. The normalized spacial score (nSPS) is 11.9. The van der Waals surface area contributed by atoms with E-state index in [2.05, 4.69) is 31.8 Å². The van der Waals surface area contributed by atoms with E-state index in [0.29, 0.717) is 28.0 Å². The highest BCUT2D eigenvalue weighted by atomic mass is 79.9. The van der Waals surface area contributed by atoms with Gasteiger partial charge in [-0.2, -0.15) is 5.10 Å². The van der Waals surface area contributed by atoms with Crippen molar-refractivity contribution in [3.63, 3.8) is 0 Å². The summed E-state index contributed by atoms with van der Waals surface area (Å²) in [5.41, 5.74) is 4.67. The first kappa shape index (κ1) is 26.7. The summed E-state index contributed by atoms with van der Waals surface area (Å²) < 4.78 is 6.59. The van der Waals surface area contributed by atoms with Crippen LogP contribution in [0.2, 0.25) is 10.0 Å². The van der Waals surface area contributed by atoms with Crippen LogP contribution in [-0.4, -0.2) is 24.1 Å². The van der Waals surface area contributed by atoms with Crippen LogP contribution in [0.25, 0.3) is 0 Å². The topological polar surface area (TPSA) is 79.8 Å². The molecule has 35 heavy (non-hydrogen) atoms. The molecule has 182 valence electrons. The number of carbonyl (C=O) groups is 2. The van der Waals surface area contributed by atoms with Crippen molar-refractivity contribution in [2.24, 2.45) is 11.0 Å². The van der Waals surface area contributed by atoms with E-state index in [-0.39, 0.29) is 11.8 Å². The van der Waals surface area contributed by atoms with Crippen molar-refractivity contribution in [1.29, 1.82) is 0 Å². The van der Waals surface area contributed by atoms with Crippen LogP contribution in [0, 0.1) is 5.92 Å². The molecule has 6 nitrogen and oxygen atoms in total. The summed E-state index contributed by atoms with van der Waals surface area (Å²) in [5, 5.41) is 7.99. The number of hydrogen-bond acceptors (Lipinski definition) is 4. The Morgan fingerprint density at radius 2 is 1.63 bits per heavy atom. The fraction of sp³-hybridized carbons (Fsp3) is 0.192. The summed E-state index contributed by atoms with van der Waals surface area (Å²) >= 11 is 15.3. The van der Waals surface area contributed by atoms with Gasteiger partial charge in [0.05, 0.1) is 10.7 Å². The van der Waals surface area contributed by atoms with E-state index in [9.17, 15) is 9.59 Å². The lowest BCUT2D eigenvalue weighted by atomic mass is 10.0. The maximum atomic E-state index is 12.7. The van der Waals surface area contributed by atoms with Gasteiger partial charge in [0.1, 0.15) is 18.4 Å². The van der Waals surface area contributed by atoms with Crippen LogP contribution >= 0.6 is 39.1 Å². The molecule has 0 saturated carbocycles. The van der Waals surface area contributed by atoms with Gasteiger partial charge in [0, 0.05) is 15.6 Å². The molecule has 2 amide bonds. The molecule has 3 rings (SSSR count). The molecular formula is C26H24BrCl2N3O3. The Morgan fingerprint density at radius 3 is 2.23 bits per heavy atom. The number of carbonyl (C=O) groups excluding carboxylic acids is 2. The summed E-state index contributed by atoms with van der Waals surface area (Å²) in [6, 6.07) is 18.6. The van der Waals surface area contributed by atoms with Crippen molar-refractivity contribution in [3.8, 4) is 5.75 Å². The SMILES string of the molecule is CC(C)C(NC(=O)c1ccc(Cl)cc1)C(=O)NN=Cc1ccc(OCc2ccc(Cl)cc2)c(Br)c1. The van der Waals surface area contributed by atoms with Crippen LogP contribution < -0.4 is 15.5 Å². The third kappa shape index (κ3) is 8.09. The molecule has 0 fully saturated rings. The molecule has 3 aromatic rings. The molecule has 2 N–H and O–H groups in total. The number of hydrazone groups is 1. The first-order chi connectivity index (χ1) is 16.7. The van der Waals surface area contributed by atoms with E-state index in [4.69, 9.17) is 27.9 Å². The first-order valence-electron chi connectivity index (χ1n) is 10.8. The highest BCUT2D eigenvalue weighted by molar-refractivity contribution is 9.10. The van der Waals surface area contributed by atoms with E-state index >= 15 is 0 Å². The molecule has 1 unspecified atom stereocenters. The molecule has 3 aromatic carbocycles. The number of benzene rings is 3. The van der Waals surface area contributed by atoms with Crippen LogP contribution in [0.15, 0.2) is 76.3 Å². The number of rotatable bonds is 9. The summed E-state index contributed by atoms with van der Waals surface area (Å²) in [4.78, 5) is 25.2. The lowest BCUT2D eigenvalue weighted by molar-refractivity contribution is -0.123. The molecule has 9 heteroatoms. The van der Waals surface area contributed by atoms with Crippen molar-refractivity contribution < 1.29 is 14.3 Å². The predicted octanol–water partition coefficient (Wildman–Crippen LogP) is 6.24. The monoisotopic (exact) mass is 575 g/mol. The quantitative estimate of drug-likeness (QED) is 0.234. The number of nitrogens with zero attached hydrogens (tertiary/aromatic N) is 1. The smallest absolute Gasteiger partial charge is 0.262 e. The minimum atomic E-state index is -0.759. The second-order valence-electron chi connectivity index (χ2n) is 8.04. The highest BCUT2D eigenvalue weighted by Crippen LogP contribution is 2.26. The lowest BCUT2D eigenvalue weighted by Crippen LogP contribution is -2.48. The number of nitrogens with one attached hydrogen (secondary N) is 2. The second-order valence-corrected chi connectivity index (χ2v) is 9.77. The van der Waals surface area contributed by atoms with Gasteiger partial charge < -0.3 is 10.1 Å². The van der Waals surface area contributed by atoms with Crippen LogP contribution in [0.5, 0.6) is 5.75 Å². The lowest BCUT2D eigenvalue weighted by Gasteiger charge is -2.20. The third-order valence-corrected chi connectivity index (χ3v) is 6.12. The molecule has 0 aliphatic carbocycles. The molecule has 0 aliphatic rings. The average Bonchev–Trinajstić information content (AvgIpc) is 2.83. The second kappa shape index (κ2) is 12.7. The average molecular weight is 577 g/mol. The van der Waals surface area contributed by atoms with Crippen LogP contribution in [-0.2, 0) is 11.4 Å². The zero-order valence-electron chi connectivity index (χ0n) is 19.1. The molecule has 0 radical (unpaired) electrons. The van der Waals surface area contributed by atoms with Gasteiger partial charge in [0.15, 0.2) is 0 Å². The maximum Gasteiger partial charge on any atom is 0.262 e. The molecular weight excluding hydrogens is 553 g/mol. The Bertz CT molecular complexity index is 1200. The minimum Gasteiger partial charge on any atom is -0.488 e. The van der Waals surface area contributed by atoms with Gasteiger partial charge in [0.2, 0.25) is 0 Å². The number of halogens is 3. The van der Waals surface area contributed by atoms with Gasteiger partial charge in [-0.05, 0) is 87.6 Å². The molecule has 0 spiro atoms.